The summed E-state index contributed by atoms with van der Waals surface area (Å²) < 4.78 is 0. The van der Waals surface area contributed by atoms with Gasteiger partial charge in [-0.2, -0.15) is 0 Å². The maximum absolute atomic E-state index is 12.9. The molecule has 0 radical (unpaired) electrons. The number of hydrogen-bond donors (Lipinski definition) is 2. The smallest absolute Gasteiger partial charge is 0.255 e. The first kappa shape index (κ1) is 21.6. The molecule has 3 fully saturated rings. The molecule has 1 unspecified atom stereocenters. The maximum atomic E-state index is 12.9. The van der Waals surface area contributed by atoms with Crippen LogP contribution in [0.2, 0.25) is 0 Å². The molecule has 1 aliphatic carbocycles. The second-order valence-electron chi connectivity index (χ2n) is 9.77. The molecule has 3 N–H and O–H groups in total. The average molecular weight is 440 g/mol. The maximum Gasteiger partial charge on any atom is 0.255 e. The van der Waals surface area contributed by atoms with Crippen molar-refractivity contribution in [3.63, 3.8) is 0 Å². The number of carbonyl (C=O) groups excluding carboxylic acids is 3. The predicted molar refractivity (Wildman–Crippen MR) is 120 cm³/mol. The third kappa shape index (κ3) is 4.31. The van der Waals surface area contributed by atoms with E-state index in [1.807, 2.05) is 12.1 Å². The number of hydrogen-bond acceptors (Lipinski definition) is 6. The van der Waals surface area contributed by atoms with Gasteiger partial charge in [0.2, 0.25) is 11.8 Å². The molecule has 3 amide bonds. The Labute approximate surface area is 189 Å². The second-order valence-corrected chi connectivity index (χ2v) is 9.77. The van der Waals surface area contributed by atoms with Crippen LogP contribution in [0.4, 0.5) is 0 Å². The highest BCUT2D eigenvalue weighted by Gasteiger charge is 2.39. The summed E-state index contributed by atoms with van der Waals surface area (Å²) in [5.41, 5.74) is 8.93. The van der Waals surface area contributed by atoms with E-state index in [2.05, 4.69) is 21.2 Å². The number of amides is 3. The van der Waals surface area contributed by atoms with Crippen molar-refractivity contribution in [2.75, 3.05) is 26.2 Å². The van der Waals surface area contributed by atoms with Crippen LogP contribution in [0.1, 0.15) is 60.0 Å². The summed E-state index contributed by atoms with van der Waals surface area (Å²) in [7, 11) is 0. The zero-order valence-electron chi connectivity index (χ0n) is 18.6. The molecule has 0 spiro atoms. The van der Waals surface area contributed by atoms with E-state index in [4.69, 9.17) is 5.73 Å². The summed E-state index contributed by atoms with van der Waals surface area (Å²) in [4.78, 5) is 43.3. The third-order valence-electron chi connectivity index (χ3n) is 7.66. The van der Waals surface area contributed by atoms with Gasteiger partial charge in [-0.15, -0.1) is 0 Å². The van der Waals surface area contributed by atoms with Gasteiger partial charge in [-0.3, -0.25) is 29.5 Å². The number of nitrogens with zero attached hydrogens (tertiary/aromatic N) is 3. The van der Waals surface area contributed by atoms with Gasteiger partial charge in [-0.1, -0.05) is 12.1 Å². The fourth-order valence-corrected chi connectivity index (χ4v) is 5.74. The minimum absolute atomic E-state index is 0.109. The van der Waals surface area contributed by atoms with Crippen LogP contribution in [0.5, 0.6) is 0 Å². The number of nitrogens with two attached hydrogens (primary N) is 1. The van der Waals surface area contributed by atoms with Gasteiger partial charge >= 0.3 is 0 Å². The molecule has 3 aliphatic heterocycles. The zero-order chi connectivity index (χ0) is 22.2. The number of piperazine rings is 1. The van der Waals surface area contributed by atoms with E-state index >= 15 is 0 Å². The highest BCUT2D eigenvalue weighted by molar-refractivity contribution is 6.05. The first-order valence-corrected chi connectivity index (χ1v) is 12.0. The van der Waals surface area contributed by atoms with Crippen molar-refractivity contribution in [3.05, 3.63) is 34.9 Å². The Balaban J connectivity index is 1.17. The highest BCUT2D eigenvalue weighted by Crippen LogP contribution is 2.29. The van der Waals surface area contributed by atoms with Crippen molar-refractivity contribution in [1.82, 2.24) is 20.0 Å². The Kier molecular flexibility index (Phi) is 6.01. The van der Waals surface area contributed by atoms with E-state index in [0.29, 0.717) is 30.6 Å². The number of imide groups is 1. The fourth-order valence-electron chi connectivity index (χ4n) is 5.74. The molecular formula is C24H33N5O3. The molecule has 172 valence electrons. The summed E-state index contributed by atoms with van der Waals surface area (Å²) >= 11 is 0. The molecule has 4 aliphatic rings. The average Bonchev–Trinajstić information content (AvgIpc) is 3.10. The quantitative estimate of drug-likeness (QED) is 0.675. The SMILES string of the molecule is NC1CCC(N2CCN(Cc3ccc4c(c3)CN(C3CCC(=O)NC3=O)C4=O)CC2)CC1. The van der Waals surface area contributed by atoms with Crippen LogP contribution in [0, 0.1) is 0 Å². The van der Waals surface area contributed by atoms with Gasteiger partial charge in [-0.25, -0.2) is 0 Å². The number of nitrogens with one attached hydrogen (secondary N) is 1. The van der Waals surface area contributed by atoms with Crippen molar-refractivity contribution < 1.29 is 14.4 Å². The topological polar surface area (TPSA) is 99.0 Å². The lowest BCUT2D eigenvalue weighted by Crippen LogP contribution is -2.52. The molecule has 8 nitrogen and oxygen atoms in total. The molecule has 2 saturated heterocycles. The van der Waals surface area contributed by atoms with Crippen LogP contribution in [0.3, 0.4) is 0 Å². The van der Waals surface area contributed by atoms with Crippen LogP contribution in [-0.4, -0.2) is 76.7 Å². The molecule has 1 atom stereocenters. The first-order chi connectivity index (χ1) is 15.5. The third-order valence-corrected chi connectivity index (χ3v) is 7.66. The molecule has 5 rings (SSSR count). The van der Waals surface area contributed by atoms with Crippen molar-refractivity contribution >= 4 is 17.7 Å². The van der Waals surface area contributed by atoms with Gasteiger partial charge in [0.15, 0.2) is 0 Å². The standard InChI is InChI=1S/C24H33N5O3/c25-18-2-4-19(5-3-18)28-11-9-27(10-12-28)14-16-1-6-20-17(13-16)15-29(24(20)32)21-7-8-22(30)26-23(21)31/h1,6,13,18-19,21H,2-5,7-12,14-15,25H2,(H,26,30,31). The summed E-state index contributed by atoms with van der Waals surface area (Å²) in [6.07, 6.45) is 5.42. The van der Waals surface area contributed by atoms with Gasteiger partial charge in [0, 0.05) is 63.3 Å². The van der Waals surface area contributed by atoms with Gasteiger partial charge < -0.3 is 10.6 Å². The lowest BCUT2D eigenvalue weighted by atomic mass is 9.90. The molecule has 1 aromatic rings. The predicted octanol–water partition coefficient (Wildman–Crippen LogP) is 0.835. The van der Waals surface area contributed by atoms with Crippen molar-refractivity contribution in [2.24, 2.45) is 5.73 Å². The van der Waals surface area contributed by atoms with E-state index in [1.165, 1.54) is 18.4 Å². The molecule has 0 bridgehead atoms. The van der Waals surface area contributed by atoms with E-state index in [1.54, 1.807) is 4.90 Å². The summed E-state index contributed by atoms with van der Waals surface area (Å²) in [5, 5.41) is 2.36. The van der Waals surface area contributed by atoms with Crippen molar-refractivity contribution in [1.29, 1.82) is 0 Å². The second kappa shape index (κ2) is 8.92. The minimum Gasteiger partial charge on any atom is -0.328 e. The van der Waals surface area contributed by atoms with Crippen LogP contribution in [0.25, 0.3) is 0 Å². The van der Waals surface area contributed by atoms with Crippen molar-refractivity contribution in [2.45, 2.75) is 69.7 Å². The number of benzene rings is 1. The first-order valence-electron chi connectivity index (χ1n) is 12.0. The monoisotopic (exact) mass is 439 g/mol. The number of fused-ring (bicyclic) bond motifs is 1. The van der Waals surface area contributed by atoms with Crippen LogP contribution in [0.15, 0.2) is 18.2 Å². The number of piperidine rings is 1. The Morgan fingerprint density at radius 3 is 2.44 bits per heavy atom. The van der Waals surface area contributed by atoms with E-state index < -0.39 is 6.04 Å². The van der Waals surface area contributed by atoms with Crippen LogP contribution in [-0.2, 0) is 22.7 Å². The Hall–Kier alpha value is -2.29. The van der Waals surface area contributed by atoms with Crippen LogP contribution >= 0.6 is 0 Å². The van der Waals surface area contributed by atoms with Gasteiger partial charge in [0.25, 0.3) is 5.91 Å². The van der Waals surface area contributed by atoms with Gasteiger partial charge in [0.1, 0.15) is 6.04 Å². The van der Waals surface area contributed by atoms with Crippen LogP contribution < -0.4 is 11.1 Å². The largest absolute Gasteiger partial charge is 0.328 e. The number of rotatable bonds is 4. The summed E-state index contributed by atoms with van der Waals surface area (Å²) in [5.74, 6) is -0.729. The summed E-state index contributed by atoms with van der Waals surface area (Å²) in [6.45, 7) is 5.64. The Morgan fingerprint density at radius 2 is 1.72 bits per heavy atom. The molecule has 8 heteroatoms. The molecule has 32 heavy (non-hydrogen) atoms. The van der Waals surface area contributed by atoms with E-state index in [0.717, 1.165) is 51.1 Å². The lowest BCUT2D eigenvalue weighted by Gasteiger charge is -2.41. The highest BCUT2D eigenvalue weighted by atomic mass is 16.2. The normalized spacial score (nSPS) is 29.8. The Bertz CT molecular complexity index is 903. The molecular weight excluding hydrogens is 406 g/mol. The van der Waals surface area contributed by atoms with Crippen molar-refractivity contribution in [3.8, 4) is 0 Å². The number of carbonyl (C=O) groups is 3. The Morgan fingerprint density at radius 1 is 0.969 bits per heavy atom. The minimum atomic E-state index is -0.557. The fraction of sp³-hybridized carbons (Fsp3) is 0.625. The van der Waals surface area contributed by atoms with Gasteiger partial charge in [0.05, 0.1) is 0 Å². The summed E-state index contributed by atoms with van der Waals surface area (Å²) in [6, 6.07) is 6.60. The lowest BCUT2D eigenvalue weighted by molar-refractivity contribution is -0.136. The molecule has 0 aromatic heterocycles. The van der Waals surface area contributed by atoms with Gasteiger partial charge in [-0.05, 0) is 49.3 Å². The van der Waals surface area contributed by atoms with E-state index in [9.17, 15) is 14.4 Å². The molecule has 1 saturated carbocycles. The molecule has 3 heterocycles. The van der Waals surface area contributed by atoms with E-state index in [-0.39, 0.29) is 24.1 Å². The molecule has 1 aromatic carbocycles. The zero-order valence-corrected chi connectivity index (χ0v) is 18.6.